The van der Waals surface area contributed by atoms with Crippen LogP contribution in [0.2, 0.25) is 0 Å². The van der Waals surface area contributed by atoms with Gasteiger partial charge in [-0.1, -0.05) is 11.3 Å². The minimum Gasteiger partial charge on any atom is -0.497 e. The van der Waals surface area contributed by atoms with Crippen molar-refractivity contribution >= 4 is 28.2 Å². The number of aromatic nitrogens is 2. The molecular weight excluding hydrogens is 348 g/mol. The van der Waals surface area contributed by atoms with Gasteiger partial charge in [-0.05, 0) is 24.3 Å². The first kappa shape index (κ1) is 17.5. The van der Waals surface area contributed by atoms with Crippen LogP contribution in [0.5, 0.6) is 5.75 Å². The Kier molecular flexibility index (Phi) is 5.43. The van der Waals surface area contributed by atoms with Crippen molar-refractivity contribution in [2.75, 3.05) is 24.4 Å². The second-order valence-corrected chi connectivity index (χ2v) is 6.41. The number of amides is 2. The maximum Gasteiger partial charge on any atom is 0.325 e. The summed E-state index contributed by atoms with van der Waals surface area (Å²) in [4.78, 5) is 12.0. The number of nitrogens with one attached hydrogen (secondary N) is 2. The van der Waals surface area contributed by atoms with E-state index in [1.165, 1.54) is 0 Å². The number of ether oxygens (including phenoxy) is 2. The Morgan fingerprint density at radius 3 is 2.76 bits per heavy atom. The summed E-state index contributed by atoms with van der Waals surface area (Å²) in [6, 6.07) is 6.45. The lowest BCUT2D eigenvalue weighted by atomic mass is 10.1. The number of nitrogens with zero attached hydrogens (tertiary/aromatic N) is 2. The normalized spacial score (nSPS) is 22.6. The van der Waals surface area contributed by atoms with Crippen LogP contribution in [-0.2, 0) is 4.74 Å². The fraction of sp³-hybridized carbons (Fsp3) is 0.400. The predicted octanol–water partition coefficient (Wildman–Crippen LogP) is 1.37. The molecule has 1 fully saturated rings. The first-order valence-electron chi connectivity index (χ1n) is 7.59. The highest BCUT2D eigenvalue weighted by atomic mass is 32.1. The Labute approximate surface area is 147 Å². The molecule has 0 spiro atoms. The van der Waals surface area contributed by atoms with E-state index in [0.717, 1.165) is 11.3 Å². The molecule has 2 aromatic rings. The number of hydrogen-bond donors (Lipinski definition) is 4. The first-order chi connectivity index (χ1) is 12.1. The van der Waals surface area contributed by atoms with Gasteiger partial charge in [-0.2, -0.15) is 0 Å². The van der Waals surface area contributed by atoms with E-state index < -0.39 is 24.3 Å². The van der Waals surface area contributed by atoms with Crippen LogP contribution < -0.4 is 15.4 Å². The zero-order valence-electron chi connectivity index (χ0n) is 13.4. The zero-order chi connectivity index (χ0) is 17.8. The molecule has 0 bridgehead atoms. The lowest BCUT2D eigenvalue weighted by Gasteiger charge is -2.09. The van der Waals surface area contributed by atoms with Crippen LogP contribution in [0.25, 0.3) is 0 Å². The molecule has 9 nitrogen and oxygen atoms in total. The van der Waals surface area contributed by atoms with E-state index in [9.17, 15) is 9.90 Å². The average molecular weight is 366 g/mol. The molecular formula is C15H18N4O5S. The maximum absolute atomic E-state index is 12.0. The number of carbonyl (C=O) groups is 1. The number of methoxy groups -OCH3 is 1. The summed E-state index contributed by atoms with van der Waals surface area (Å²) in [6.07, 6.45) is -1.47. The van der Waals surface area contributed by atoms with Crippen molar-refractivity contribution in [3.63, 3.8) is 0 Å². The number of aliphatic hydroxyl groups excluding tert-OH is 2. The van der Waals surface area contributed by atoms with Gasteiger partial charge in [0, 0.05) is 12.1 Å². The second-order valence-electron chi connectivity index (χ2n) is 5.40. The van der Waals surface area contributed by atoms with Gasteiger partial charge in [-0.15, -0.1) is 10.2 Å². The van der Waals surface area contributed by atoms with Gasteiger partial charge >= 0.3 is 6.03 Å². The third-order valence-corrected chi connectivity index (χ3v) is 4.62. The van der Waals surface area contributed by atoms with Gasteiger partial charge in [-0.25, -0.2) is 4.79 Å². The van der Waals surface area contributed by atoms with Crippen molar-refractivity contribution < 1.29 is 24.5 Å². The van der Waals surface area contributed by atoms with Crippen molar-refractivity contribution in [3.8, 4) is 5.75 Å². The van der Waals surface area contributed by atoms with E-state index in [2.05, 4.69) is 20.8 Å². The Balaban J connectivity index is 1.56. The summed E-state index contributed by atoms with van der Waals surface area (Å²) >= 11 is 1.16. The smallest absolute Gasteiger partial charge is 0.325 e. The van der Waals surface area contributed by atoms with E-state index in [-0.39, 0.29) is 6.61 Å². The summed E-state index contributed by atoms with van der Waals surface area (Å²) in [5, 5.41) is 32.9. The number of urea groups is 1. The van der Waals surface area contributed by atoms with Crippen molar-refractivity contribution in [1.82, 2.24) is 10.2 Å². The molecule has 2 heterocycles. The van der Waals surface area contributed by atoms with Gasteiger partial charge in [0.25, 0.3) is 0 Å². The van der Waals surface area contributed by atoms with E-state index >= 15 is 0 Å². The Bertz CT molecular complexity index is 723. The molecule has 10 heteroatoms. The van der Waals surface area contributed by atoms with Crippen LogP contribution in [0.3, 0.4) is 0 Å². The van der Waals surface area contributed by atoms with E-state index in [4.69, 9.17) is 14.6 Å². The number of hydrogen-bond acceptors (Lipinski definition) is 8. The summed E-state index contributed by atoms with van der Waals surface area (Å²) < 4.78 is 10.6. The van der Waals surface area contributed by atoms with Gasteiger partial charge in [-0.3, -0.25) is 5.32 Å². The maximum atomic E-state index is 12.0. The predicted molar refractivity (Wildman–Crippen MR) is 90.9 cm³/mol. The Morgan fingerprint density at radius 2 is 2.12 bits per heavy atom. The largest absolute Gasteiger partial charge is 0.497 e. The summed E-state index contributed by atoms with van der Waals surface area (Å²) in [5.74, 6) is 0.694. The van der Waals surface area contributed by atoms with Crippen LogP contribution in [0.15, 0.2) is 24.3 Å². The van der Waals surface area contributed by atoms with Crippen molar-refractivity contribution in [2.45, 2.75) is 24.7 Å². The van der Waals surface area contributed by atoms with Crippen LogP contribution in [0.1, 0.15) is 17.5 Å². The lowest BCUT2D eigenvalue weighted by Crippen LogP contribution is -2.24. The van der Waals surface area contributed by atoms with Gasteiger partial charge in [0.15, 0.2) is 0 Å². The molecule has 4 N–H and O–H groups in total. The molecule has 1 aliphatic heterocycles. The summed E-state index contributed by atoms with van der Waals surface area (Å²) in [7, 11) is 1.57. The molecule has 0 saturated carbocycles. The standard InChI is InChI=1S/C15H18N4O5S/c1-23-9-4-2-8(3-5-9)16-14(22)17-15-19-18-13(25-15)11-6-10(21)12(7-20)24-11/h2-5,10-12,20-21H,6-7H2,1H3,(H2,16,17,19,22)/t10-,11-,12+/m0/s1. The molecule has 1 aromatic heterocycles. The number of rotatable bonds is 5. The van der Waals surface area contributed by atoms with Crippen LogP contribution in [-0.4, -0.2) is 52.4 Å². The molecule has 0 aliphatic carbocycles. The Morgan fingerprint density at radius 1 is 1.36 bits per heavy atom. The Hall–Kier alpha value is -2.27. The fourth-order valence-corrected chi connectivity index (χ4v) is 3.19. The highest BCUT2D eigenvalue weighted by molar-refractivity contribution is 7.15. The minimum atomic E-state index is -0.742. The van der Waals surface area contributed by atoms with Crippen LogP contribution in [0.4, 0.5) is 15.6 Å². The van der Waals surface area contributed by atoms with Gasteiger partial charge in [0.05, 0.1) is 19.8 Å². The lowest BCUT2D eigenvalue weighted by molar-refractivity contribution is -0.0227. The molecule has 3 rings (SSSR count). The number of carbonyl (C=O) groups excluding carboxylic acids is 1. The summed E-state index contributed by atoms with van der Waals surface area (Å²) in [6.45, 7) is -0.258. The van der Waals surface area contributed by atoms with Gasteiger partial charge in [0.1, 0.15) is 23.0 Å². The third-order valence-electron chi connectivity index (χ3n) is 3.69. The van der Waals surface area contributed by atoms with Crippen LogP contribution >= 0.6 is 11.3 Å². The topological polar surface area (TPSA) is 126 Å². The molecule has 1 saturated heterocycles. The number of anilines is 2. The third kappa shape index (κ3) is 4.23. The molecule has 1 aliphatic rings. The molecule has 2 amide bonds. The van der Waals surface area contributed by atoms with Crippen molar-refractivity contribution in [3.05, 3.63) is 29.3 Å². The van der Waals surface area contributed by atoms with E-state index in [0.29, 0.717) is 28.0 Å². The number of aliphatic hydroxyl groups is 2. The van der Waals surface area contributed by atoms with E-state index in [1.54, 1.807) is 31.4 Å². The molecule has 25 heavy (non-hydrogen) atoms. The van der Waals surface area contributed by atoms with Crippen molar-refractivity contribution in [2.24, 2.45) is 0 Å². The molecule has 3 atom stereocenters. The second kappa shape index (κ2) is 7.74. The van der Waals surface area contributed by atoms with Gasteiger partial charge < -0.3 is 25.0 Å². The fourth-order valence-electron chi connectivity index (χ4n) is 2.40. The highest BCUT2D eigenvalue weighted by Gasteiger charge is 2.36. The molecule has 0 radical (unpaired) electrons. The number of benzene rings is 1. The minimum absolute atomic E-state index is 0.258. The highest BCUT2D eigenvalue weighted by Crippen LogP contribution is 2.35. The van der Waals surface area contributed by atoms with Crippen molar-refractivity contribution in [1.29, 1.82) is 0 Å². The zero-order valence-corrected chi connectivity index (χ0v) is 14.2. The molecule has 1 aromatic carbocycles. The van der Waals surface area contributed by atoms with Gasteiger partial charge in [0.2, 0.25) is 5.13 Å². The summed E-state index contributed by atoms with van der Waals surface area (Å²) in [5.41, 5.74) is 0.607. The average Bonchev–Trinajstić information content (AvgIpc) is 3.21. The quantitative estimate of drug-likeness (QED) is 0.630. The SMILES string of the molecule is COc1ccc(NC(=O)Nc2nnc([C@@H]3C[C@H](O)[C@@H](CO)O3)s2)cc1. The monoisotopic (exact) mass is 366 g/mol. The molecule has 134 valence electrons. The van der Waals surface area contributed by atoms with Crippen LogP contribution in [0, 0.1) is 0 Å². The molecule has 0 unspecified atom stereocenters. The first-order valence-corrected chi connectivity index (χ1v) is 8.40. The van der Waals surface area contributed by atoms with E-state index in [1.807, 2.05) is 0 Å².